The molecule has 1 atom stereocenters. The molecule has 0 fully saturated rings. The van der Waals surface area contributed by atoms with Crippen molar-refractivity contribution in [3.8, 4) is 23.2 Å². The monoisotopic (exact) mass is 483 g/mol. The standard InChI is InChI=1S/C23H16F3N5O2S/c1-13-11-28-12-16-17(13)18(27)31-19(30-16)15-5-3-4-14(10-15)6-7-22(2,20-29-8-9-34-20)33-21(32)23(24,25)26/h3-5,8-12H,1-2H3,(H2,27,30,31)/t22-/m1/s1. The molecule has 34 heavy (non-hydrogen) atoms. The van der Waals surface area contributed by atoms with Gasteiger partial charge in [0.05, 0.1) is 11.7 Å². The number of hydrogen-bond acceptors (Lipinski definition) is 8. The zero-order valence-corrected chi connectivity index (χ0v) is 18.7. The molecule has 0 bridgehead atoms. The van der Waals surface area contributed by atoms with Crippen LogP contribution in [0.3, 0.4) is 0 Å². The third kappa shape index (κ3) is 4.67. The van der Waals surface area contributed by atoms with Gasteiger partial charge in [0.2, 0.25) is 5.60 Å². The van der Waals surface area contributed by atoms with E-state index in [-0.39, 0.29) is 5.01 Å². The van der Waals surface area contributed by atoms with E-state index in [2.05, 4.69) is 31.8 Å². The number of alkyl halides is 3. The second kappa shape index (κ2) is 8.72. The normalized spacial score (nSPS) is 13.1. The molecule has 7 nitrogen and oxygen atoms in total. The van der Waals surface area contributed by atoms with Gasteiger partial charge in [-0.15, -0.1) is 11.3 Å². The summed E-state index contributed by atoms with van der Waals surface area (Å²) in [5.74, 6) is 3.69. The highest BCUT2D eigenvalue weighted by molar-refractivity contribution is 7.09. The van der Waals surface area contributed by atoms with Crippen molar-refractivity contribution in [2.45, 2.75) is 25.6 Å². The molecule has 4 aromatic rings. The molecule has 11 heteroatoms. The number of nitrogens with zero attached hydrogens (tertiary/aromatic N) is 4. The van der Waals surface area contributed by atoms with E-state index in [4.69, 9.17) is 10.5 Å². The third-order valence-electron chi connectivity index (χ3n) is 4.76. The van der Waals surface area contributed by atoms with E-state index in [9.17, 15) is 18.0 Å². The Morgan fingerprint density at radius 3 is 2.71 bits per heavy atom. The van der Waals surface area contributed by atoms with Gasteiger partial charge in [0, 0.05) is 34.3 Å². The summed E-state index contributed by atoms with van der Waals surface area (Å²) in [4.78, 5) is 28.5. The predicted molar refractivity (Wildman–Crippen MR) is 120 cm³/mol. The second-order valence-corrected chi connectivity index (χ2v) is 8.27. The average Bonchev–Trinajstić information content (AvgIpc) is 3.33. The number of halogens is 3. The Morgan fingerprint density at radius 2 is 2.00 bits per heavy atom. The number of aromatic nitrogens is 4. The fraction of sp³-hybridized carbons (Fsp3) is 0.174. The molecule has 0 unspecified atom stereocenters. The van der Waals surface area contributed by atoms with E-state index in [1.165, 1.54) is 13.1 Å². The van der Waals surface area contributed by atoms with E-state index < -0.39 is 17.7 Å². The first-order valence-electron chi connectivity index (χ1n) is 9.78. The van der Waals surface area contributed by atoms with E-state index in [1.54, 1.807) is 42.0 Å². The molecule has 4 rings (SSSR count). The highest BCUT2D eigenvalue weighted by Gasteiger charge is 2.46. The summed E-state index contributed by atoms with van der Waals surface area (Å²) < 4.78 is 43.2. The lowest BCUT2D eigenvalue weighted by Crippen LogP contribution is -2.35. The Balaban J connectivity index is 1.72. The first-order valence-corrected chi connectivity index (χ1v) is 10.7. The fourth-order valence-electron chi connectivity index (χ4n) is 3.16. The van der Waals surface area contributed by atoms with Crippen LogP contribution in [0.15, 0.2) is 48.2 Å². The fourth-order valence-corrected chi connectivity index (χ4v) is 3.85. The summed E-state index contributed by atoms with van der Waals surface area (Å²) in [5.41, 5.74) is 6.68. The van der Waals surface area contributed by atoms with Crippen LogP contribution in [0.1, 0.15) is 23.1 Å². The number of aryl methyl sites for hydroxylation is 1. The molecule has 0 radical (unpaired) electrons. The minimum Gasteiger partial charge on any atom is -0.432 e. The molecule has 0 saturated heterocycles. The number of esters is 1. The highest BCUT2D eigenvalue weighted by atomic mass is 32.1. The lowest BCUT2D eigenvalue weighted by atomic mass is 10.1. The predicted octanol–water partition coefficient (Wildman–Crippen LogP) is 4.41. The molecule has 2 N–H and O–H groups in total. The van der Waals surface area contributed by atoms with E-state index in [0.717, 1.165) is 16.9 Å². The molecule has 172 valence electrons. The molecular formula is C23H16F3N5O2S. The number of pyridine rings is 1. The SMILES string of the molecule is Cc1cncc2nc(-c3cccc(C#C[C@@](C)(OC(=O)C(F)(F)F)c4nccs4)c3)nc(N)c12. The number of nitrogens with two attached hydrogens (primary N) is 1. The summed E-state index contributed by atoms with van der Waals surface area (Å²) in [5, 5.41) is 2.37. The lowest BCUT2D eigenvalue weighted by molar-refractivity contribution is -0.209. The number of fused-ring (bicyclic) bond motifs is 1. The second-order valence-electron chi connectivity index (χ2n) is 7.37. The first kappa shape index (κ1) is 23.1. The van der Waals surface area contributed by atoms with Gasteiger partial charge in [0.15, 0.2) is 5.82 Å². The van der Waals surface area contributed by atoms with Gasteiger partial charge in [-0.05, 0) is 37.5 Å². The summed E-state index contributed by atoms with van der Waals surface area (Å²) in [6, 6.07) is 6.75. The summed E-state index contributed by atoms with van der Waals surface area (Å²) in [6.07, 6.45) is -0.522. The zero-order chi connectivity index (χ0) is 24.5. The summed E-state index contributed by atoms with van der Waals surface area (Å²) in [7, 11) is 0. The summed E-state index contributed by atoms with van der Waals surface area (Å²) in [6.45, 7) is 3.12. The number of carbonyl (C=O) groups is 1. The molecule has 3 heterocycles. The molecular weight excluding hydrogens is 467 g/mol. The molecule has 0 aliphatic carbocycles. The van der Waals surface area contributed by atoms with Gasteiger partial charge in [-0.25, -0.2) is 19.7 Å². The molecule has 0 saturated carbocycles. The Hall–Kier alpha value is -4.04. The molecule has 3 aromatic heterocycles. The maximum atomic E-state index is 12.8. The number of nitrogen functional groups attached to an aromatic ring is 1. The van der Waals surface area contributed by atoms with Crippen LogP contribution in [-0.2, 0) is 15.1 Å². The van der Waals surface area contributed by atoms with Crippen LogP contribution in [0.5, 0.6) is 0 Å². The molecule has 0 aliphatic heterocycles. The van der Waals surface area contributed by atoms with Crippen LogP contribution in [-0.4, -0.2) is 32.1 Å². The van der Waals surface area contributed by atoms with Crippen molar-refractivity contribution < 1.29 is 22.7 Å². The van der Waals surface area contributed by atoms with Gasteiger partial charge in [-0.2, -0.15) is 13.2 Å². The maximum Gasteiger partial charge on any atom is 0.490 e. The molecule has 0 aliphatic rings. The van der Waals surface area contributed by atoms with E-state index in [0.29, 0.717) is 33.7 Å². The van der Waals surface area contributed by atoms with E-state index >= 15 is 0 Å². The highest BCUT2D eigenvalue weighted by Crippen LogP contribution is 2.31. The number of benzene rings is 1. The Bertz CT molecular complexity index is 1440. The van der Waals surface area contributed by atoms with Crippen molar-refractivity contribution in [1.82, 2.24) is 19.9 Å². The van der Waals surface area contributed by atoms with Crippen LogP contribution in [0.2, 0.25) is 0 Å². The van der Waals surface area contributed by atoms with Gasteiger partial charge in [0.1, 0.15) is 10.8 Å². The van der Waals surface area contributed by atoms with Gasteiger partial charge < -0.3 is 10.5 Å². The van der Waals surface area contributed by atoms with Crippen LogP contribution in [0, 0.1) is 18.8 Å². The van der Waals surface area contributed by atoms with Crippen LogP contribution >= 0.6 is 11.3 Å². The lowest BCUT2D eigenvalue weighted by Gasteiger charge is -2.22. The smallest absolute Gasteiger partial charge is 0.432 e. The Kier molecular flexibility index (Phi) is 5.93. The van der Waals surface area contributed by atoms with Crippen molar-refractivity contribution >= 4 is 34.0 Å². The minimum atomic E-state index is -5.17. The Labute approximate surface area is 195 Å². The number of ether oxygens (including phenoxy) is 1. The average molecular weight is 483 g/mol. The van der Waals surface area contributed by atoms with Crippen LogP contribution in [0.4, 0.5) is 19.0 Å². The van der Waals surface area contributed by atoms with Crippen LogP contribution < -0.4 is 5.73 Å². The van der Waals surface area contributed by atoms with Gasteiger partial charge >= 0.3 is 12.1 Å². The number of anilines is 1. The van der Waals surface area contributed by atoms with E-state index in [1.807, 2.05) is 6.92 Å². The van der Waals surface area contributed by atoms with Crippen molar-refractivity contribution in [3.05, 3.63) is 64.4 Å². The molecule has 0 amide bonds. The van der Waals surface area contributed by atoms with Gasteiger partial charge in [-0.1, -0.05) is 18.1 Å². The van der Waals surface area contributed by atoms with Gasteiger partial charge in [-0.3, -0.25) is 4.98 Å². The zero-order valence-electron chi connectivity index (χ0n) is 17.8. The number of thiazole rings is 1. The quantitative estimate of drug-likeness (QED) is 0.340. The third-order valence-corrected chi connectivity index (χ3v) is 5.74. The summed E-state index contributed by atoms with van der Waals surface area (Å²) >= 11 is 1.02. The first-order chi connectivity index (χ1) is 16.1. The number of rotatable bonds is 3. The Morgan fingerprint density at radius 1 is 1.21 bits per heavy atom. The largest absolute Gasteiger partial charge is 0.490 e. The van der Waals surface area contributed by atoms with Crippen LogP contribution in [0.25, 0.3) is 22.3 Å². The number of hydrogen-bond donors (Lipinski definition) is 1. The maximum absolute atomic E-state index is 12.8. The van der Waals surface area contributed by atoms with Gasteiger partial charge in [0.25, 0.3) is 0 Å². The number of carbonyl (C=O) groups excluding carboxylic acids is 1. The van der Waals surface area contributed by atoms with Crippen molar-refractivity contribution in [2.75, 3.05) is 5.73 Å². The van der Waals surface area contributed by atoms with Crippen molar-refractivity contribution in [1.29, 1.82) is 0 Å². The van der Waals surface area contributed by atoms with Crippen molar-refractivity contribution in [3.63, 3.8) is 0 Å². The minimum absolute atomic E-state index is 0.113. The van der Waals surface area contributed by atoms with Crippen molar-refractivity contribution in [2.24, 2.45) is 0 Å². The topological polar surface area (TPSA) is 104 Å². The molecule has 0 spiro atoms. The molecule has 1 aromatic carbocycles.